The van der Waals surface area contributed by atoms with Gasteiger partial charge in [-0.05, 0) is 47.9 Å². The lowest BCUT2D eigenvalue weighted by molar-refractivity contribution is 0.0524. The largest absolute Gasteiger partial charge is 0.506 e. The molecular formula is C28H24O3. The van der Waals surface area contributed by atoms with Crippen LogP contribution in [0.2, 0.25) is 0 Å². The van der Waals surface area contributed by atoms with Gasteiger partial charge in [-0.2, -0.15) is 0 Å². The number of hydrogen-bond donors (Lipinski definition) is 1. The first-order chi connectivity index (χ1) is 15.1. The van der Waals surface area contributed by atoms with Gasteiger partial charge < -0.3 is 9.84 Å². The van der Waals surface area contributed by atoms with E-state index in [1.54, 1.807) is 6.92 Å². The summed E-state index contributed by atoms with van der Waals surface area (Å²) in [5.41, 5.74) is 6.75. The van der Waals surface area contributed by atoms with Crippen LogP contribution >= 0.6 is 0 Å². The summed E-state index contributed by atoms with van der Waals surface area (Å²) in [4.78, 5) is 13.0. The minimum absolute atomic E-state index is 0.00233. The number of carbonyl (C=O) groups excluding carboxylic acids is 1. The topological polar surface area (TPSA) is 46.5 Å². The average Bonchev–Trinajstić information content (AvgIpc) is 2.79. The summed E-state index contributed by atoms with van der Waals surface area (Å²) in [5.74, 6) is -0.309. The molecule has 1 N–H and O–H groups in total. The fourth-order valence-electron chi connectivity index (χ4n) is 4.90. The predicted molar refractivity (Wildman–Crippen MR) is 124 cm³/mol. The SMILES string of the molecule is CCOC(=O)c1c2c(c3ccccc3c1O)CC(c1ccccc1)c1cc(C)ccc1-2. The number of fused-ring (bicyclic) bond motifs is 5. The Morgan fingerprint density at radius 3 is 2.45 bits per heavy atom. The number of rotatable bonds is 3. The number of aryl methyl sites for hydroxylation is 1. The molecule has 5 rings (SSSR count). The highest BCUT2D eigenvalue weighted by Gasteiger charge is 2.33. The second-order valence-corrected chi connectivity index (χ2v) is 8.10. The van der Waals surface area contributed by atoms with Crippen LogP contribution in [0.15, 0.2) is 72.8 Å². The number of phenolic OH excluding ortho intramolecular Hbond substituents is 1. The molecule has 0 bridgehead atoms. The van der Waals surface area contributed by atoms with Gasteiger partial charge in [0, 0.05) is 16.9 Å². The molecule has 0 fully saturated rings. The van der Waals surface area contributed by atoms with E-state index in [-0.39, 0.29) is 23.8 Å². The minimum Gasteiger partial charge on any atom is -0.506 e. The summed E-state index contributed by atoms with van der Waals surface area (Å²) < 4.78 is 5.38. The van der Waals surface area contributed by atoms with Gasteiger partial charge in [0.15, 0.2) is 0 Å². The van der Waals surface area contributed by atoms with E-state index < -0.39 is 5.97 Å². The summed E-state index contributed by atoms with van der Waals surface area (Å²) in [5, 5.41) is 12.8. The first kappa shape index (κ1) is 19.4. The van der Waals surface area contributed by atoms with Crippen molar-refractivity contribution in [2.75, 3.05) is 6.61 Å². The van der Waals surface area contributed by atoms with Crippen molar-refractivity contribution in [3.63, 3.8) is 0 Å². The highest BCUT2D eigenvalue weighted by atomic mass is 16.5. The Hall–Kier alpha value is -3.59. The third kappa shape index (κ3) is 3.09. The van der Waals surface area contributed by atoms with Crippen LogP contribution in [0.25, 0.3) is 21.9 Å². The molecule has 0 amide bonds. The van der Waals surface area contributed by atoms with Crippen molar-refractivity contribution in [1.29, 1.82) is 0 Å². The maximum atomic E-state index is 13.0. The van der Waals surface area contributed by atoms with Gasteiger partial charge in [0.1, 0.15) is 11.3 Å². The van der Waals surface area contributed by atoms with Crippen molar-refractivity contribution in [3.8, 4) is 16.9 Å². The second kappa shape index (κ2) is 7.59. The summed E-state index contributed by atoms with van der Waals surface area (Å²) in [6, 6.07) is 24.6. The number of aromatic hydroxyl groups is 1. The normalized spacial score (nSPS) is 14.7. The summed E-state index contributed by atoms with van der Waals surface area (Å²) >= 11 is 0. The average molecular weight is 408 g/mol. The van der Waals surface area contributed by atoms with Gasteiger partial charge in [-0.1, -0.05) is 78.4 Å². The lowest BCUT2D eigenvalue weighted by Gasteiger charge is -2.31. The van der Waals surface area contributed by atoms with Crippen LogP contribution in [-0.2, 0) is 11.2 Å². The maximum absolute atomic E-state index is 13.0. The molecule has 0 aliphatic heterocycles. The monoisotopic (exact) mass is 408 g/mol. The van der Waals surface area contributed by atoms with Crippen LogP contribution in [0.4, 0.5) is 0 Å². The Balaban J connectivity index is 1.89. The third-order valence-electron chi connectivity index (χ3n) is 6.24. The van der Waals surface area contributed by atoms with Crippen molar-refractivity contribution in [1.82, 2.24) is 0 Å². The zero-order valence-corrected chi connectivity index (χ0v) is 17.7. The van der Waals surface area contributed by atoms with Crippen LogP contribution in [0.5, 0.6) is 5.75 Å². The zero-order valence-electron chi connectivity index (χ0n) is 17.7. The lowest BCUT2D eigenvalue weighted by Crippen LogP contribution is -2.17. The molecule has 3 heteroatoms. The quantitative estimate of drug-likeness (QED) is 0.400. The van der Waals surface area contributed by atoms with E-state index in [1.807, 2.05) is 30.3 Å². The Morgan fingerprint density at radius 2 is 1.71 bits per heavy atom. The maximum Gasteiger partial charge on any atom is 0.342 e. The van der Waals surface area contributed by atoms with Crippen LogP contribution in [0.1, 0.15) is 45.5 Å². The van der Waals surface area contributed by atoms with Gasteiger partial charge in [0.05, 0.1) is 6.61 Å². The molecule has 0 aromatic heterocycles. The van der Waals surface area contributed by atoms with Crippen molar-refractivity contribution in [2.24, 2.45) is 0 Å². The van der Waals surface area contributed by atoms with Crippen molar-refractivity contribution < 1.29 is 14.6 Å². The Kier molecular flexibility index (Phi) is 4.74. The molecule has 31 heavy (non-hydrogen) atoms. The molecule has 4 aromatic carbocycles. The van der Waals surface area contributed by atoms with E-state index >= 15 is 0 Å². The van der Waals surface area contributed by atoms with E-state index in [2.05, 4.69) is 49.4 Å². The molecule has 1 unspecified atom stereocenters. The molecular weight excluding hydrogens is 384 g/mol. The lowest BCUT2D eigenvalue weighted by atomic mass is 9.72. The van der Waals surface area contributed by atoms with Crippen LogP contribution < -0.4 is 0 Å². The fraction of sp³-hybridized carbons (Fsp3) is 0.179. The highest BCUT2D eigenvalue weighted by Crippen LogP contribution is 2.50. The van der Waals surface area contributed by atoms with E-state index in [4.69, 9.17) is 4.74 Å². The smallest absolute Gasteiger partial charge is 0.342 e. The van der Waals surface area contributed by atoms with Crippen molar-refractivity contribution >= 4 is 16.7 Å². The van der Waals surface area contributed by atoms with Gasteiger partial charge >= 0.3 is 5.97 Å². The second-order valence-electron chi connectivity index (χ2n) is 8.10. The van der Waals surface area contributed by atoms with Gasteiger partial charge in [0.25, 0.3) is 0 Å². The number of hydrogen-bond acceptors (Lipinski definition) is 3. The van der Waals surface area contributed by atoms with Gasteiger partial charge in [-0.3, -0.25) is 0 Å². The first-order valence-corrected chi connectivity index (χ1v) is 10.7. The van der Waals surface area contributed by atoms with Gasteiger partial charge in [-0.25, -0.2) is 4.79 Å². The highest BCUT2D eigenvalue weighted by molar-refractivity contribution is 6.10. The molecule has 154 valence electrons. The predicted octanol–water partition coefficient (Wildman–Crippen LogP) is 6.39. The van der Waals surface area contributed by atoms with Crippen LogP contribution in [-0.4, -0.2) is 17.7 Å². The molecule has 0 heterocycles. The van der Waals surface area contributed by atoms with Crippen LogP contribution in [0, 0.1) is 6.92 Å². The molecule has 0 radical (unpaired) electrons. The third-order valence-corrected chi connectivity index (χ3v) is 6.24. The fourth-order valence-corrected chi connectivity index (χ4v) is 4.90. The molecule has 0 saturated heterocycles. The summed E-state index contributed by atoms with van der Waals surface area (Å²) in [6.45, 7) is 4.13. The van der Waals surface area contributed by atoms with Gasteiger partial charge in [-0.15, -0.1) is 0 Å². The standard InChI is InChI=1S/C28H24O3/c1-3-31-28(30)26-25-20-14-13-17(2)15-23(20)22(18-9-5-4-6-10-18)16-24(25)19-11-7-8-12-21(19)27(26)29/h4-15,22,29H,3,16H2,1-2H3. The number of benzene rings is 4. The Morgan fingerprint density at radius 1 is 1.00 bits per heavy atom. The van der Waals surface area contributed by atoms with E-state index in [0.29, 0.717) is 5.39 Å². The first-order valence-electron chi connectivity index (χ1n) is 10.7. The van der Waals surface area contributed by atoms with Crippen LogP contribution in [0.3, 0.4) is 0 Å². The van der Waals surface area contributed by atoms with E-state index in [0.717, 1.165) is 28.5 Å². The van der Waals surface area contributed by atoms with Gasteiger partial charge in [0.2, 0.25) is 0 Å². The molecule has 0 saturated carbocycles. The summed E-state index contributed by atoms with van der Waals surface area (Å²) in [6.07, 6.45) is 0.753. The number of phenols is 1. The number of esters is 1. The Bertz CT molecular complexity index is 1310. The molecule has 0 spiro atoms. The summed E-state index contributed by atoms with van der Waals surface area (Å²) in [7, 11) is 0. The molecule has 3 nitrogen and oxygen atoms in total. The van der Waals surface area contributed by atoms with E-state index in [9.17, 15) is 9.90 Å². The molecule has 4 aromatic rings. The number of ether oxygens (including phenoxy) is 1. The zero-order chi connectivity index (χ0) is 21.5. The van der Waals surface area contributed by atoms with E-state index in [1.165, 1.54) is 16.7 Å². The minimum atomic E-state index is -0.480. The van der Waals surface area contributed by atoms with Crippen molar-refractivity contribution in [3.05, 3.63) is 101 Å². The Labute approximate surface area is 181 Å². The molecule has 1 aliphatic carbocycles. The number of carbonyl (C=O) groups is 1. The molecule has 1 atom stereocenters. The molecule has 1 aliphatic rings. The van der Waals surface area contributed by atoms with Crippen molar-refractivity contribution in [2.45, 2.75) is 26.2 Å².